The van der Waals surface area contributed by atoms with Gasteiger partial charge in [-0.1, -0.05) is 36.6 Å². The Bertz CT molecular complexity index is 599. The molecule has 1 aromatic carbocycles. The molecule has 2 aromatic rings. The molecule has 0 radical (unpaired) electrons. The van der Waals surface area contributed by atoms with Crippen molar-refractivity contribution < 1.29 is 4.79 Å². The number of H-pyrrole nitrogens is 1. The third-order valence-electron chi connectivity index (χ3n) is 3.87. The lowest BCUT2D eigenvalue weighted by Gasteiger charge is -2.10. The quantitative estimate of drug-likeness (QED) is 0.839. The lowest BCUT2D eigenvalue weighted by Crippen LogP contribution is -2.31. The molecule has 1 heterocycles. The number of rotatable bonds is 4. The van der Waals surface area contributed by atoms with Crippen LogP contribution in [0.4, 0.5) is 0 Å². The summed E-state index contributed by atoms with van der Waals surface area (Å²) in [5, 5.41) is 4.91. The zero-order chi connectivity index (χ0) is 13.2. The maximum absolute atomic E-state index is 12.3. The summed E-state index contributed by atoms with van der Waals surface area (Å²) in [7, 11) is 0. The van der Waals surface area contributed by atoms with E-state index in [2.05, 4.69) is 10.3 Å². The molecule has 0 saturated heterocycles. The highest BCUT2D eigenvalue weighted by molar-refractivity contribution is 6.35. The summed E-state index contributed by atoms with van der Waals surface area (Å²) in [5.74, 6) is 0.125. The molecular formula is C15H17ClN2O. The number of aromatic amines is 1. The van der Waals surface area contributed by atoms with Crippen molar-refractivity contribution in [1.82, 2.24) is 10.3 Å². The van der Waals surface area contributed by atoms with E-state index in [0.717, 1.165) is 16.5 Å². The first kappa shape index (κ1) is 12.7. The Morgan fingerprint density at radius 3 is 2.95 bits per heavy atom. The van der Waals surface area contributed by atoms with E-state index >= 15 is 0 Å². The summed E-state index contributed by atoms with van der Waals surface area (Å²) in [6.45, 7) is 0.407. The number of Topliss-reactive ketones (excluding diaryl/α,β-unsaturated/α-hetero) is 1. The summed E-state index contributed by atoms with van der Waals surface area (Å²) in [6, 6.07) is 6.14. The molecule has 1 saturated carbocycles. The van der Waals surface area contributed by atoms with Crippen LogP contribution in [0.25, 0.3) is 10.9 Å². The van der Waals surface area contributed by atoms with Gasteiger partial charge in [0.2, 0.25) is 0 Å². The maximum Gasteiger partial charge on any atom is 0.178 e. The van der Waals surface area contributed by atoms with Crippen LogP contribution in [0, 0.1) is 0 Å². The van der Waals surface area contributed by atoms with Gasteiger partial charge in [0.05, 0.1) is 17.1 Å². The summed E-state index contributed by atoms with van der Waals surface area (Å²) >= 11 is 6.10. The van der Waals surface area contributed by atoms with Crippen LogP contribution in [0.3, 0.4) is 0 Å². The SMILES string of the molecule is O=C(CNC1CCCC1)c1c[nH]c2c(Cl)cccc12. The fourth-order valence-corrected chi connectivity index (χ4v) is 3.04. The van der Waals surface area contributed by atoms with Gasteiger partial charge in [-0.25, -0.2) is 0 Å². The number of ketones is 1. The summed E-state index contributed by atoms with van der Waals surface area (Å²) < 4.78 is 0. The van der Waals surface area contributed by atoms with Gasteiger partial charge >= 0.3 is 0 Å². The zero-order valence-corrected chi connectivity index (χ0v) is 11.5. The summed E-state index contributed by atoms with van der Waals surface area (Å²) in [5.41, 5.74) is 1.57. The Labute approximate surface area is 117 Å². The largest absolute Gasteiger partial charge is 0.359 e. The normalized spacial score (nSPS) is 16.3. The van der Waals surface area contributed by atoms with Crippen LogP contribution in [0.1, 0.15) is 36.0 Å². The molecule has 3 nitrogen and oxygen atoms in total. The van der Waals surface area contributed by atoms with E-state index in [0.29, 0.717) is 17.6 Å². The molecule has 0 aliphatic heterocycles. The lowest BCUT2D eigenvalue weighted by atomic mass is 10.1. The molecule has 0 amide bonds. The van der Waals surface area contributed by atoms with Crippen molar-refractivity contribution in [2.75, 3.05) is 6.54 Å². The molecule has 3 rings (SSSR count). The molecule has 1 aromatic heterocycles. The van der Waals surface area contributed by atoms with Crippen LogP contribution in [-0.2, 0) is 0 Å². The van der Waals surface area contributed by atoms with Crippen molar-refractivity contribution in [3.63, 3.8) is 0 Å². The number of fused-ring (bicyclic) bond motifs is 1. The predicted molar refractivity (Wildman–Crippen MR) is 77.9 cm³/mol. The fourth-order valence-electron chi connectivity index (χ4n) is 2.81. The van der Waals surface area contributed by atoms with E-state index < -0.39 is 0 Å². The minimum atomic E-state index is 0.125. The first-order chi connectivity index (χ1) is 9.25. The monoisotopic (exact) mass is 276 g/mol. The van der Waals surface area contributed by atoms with E-state index in [1.165, 1.54) is 25.7 Å². The van der Waals surface area contributed by atoms with Gasteiger partial charge in [-0.2, -0.15) is 0 Å². The van der Waals surface area contributed by atoms with Crippen molar-refractivity contribution in [3.05, 3.63) is 35.0 Å². The van der Waals surface area contributed by atoms with Crippen molar-refractivity contribution in [2.24, 2.45) is 0 Å². The summed E-state index contributed by atoms with van der Waals surface area (Å²) in [6.07, 6.45) is 6.68. The number of hydrogen-bond acceptors (Lipinski definition) is 2. The highest BCUT2D eigenvalue weighted by Gasteiger charge is 2.17. The van der Waals surface area contributed by atoms with Crippen molar-refractivity contribution in [2.45, 2.75) is 31.7 Å². The van der Waals surface area contributed by atoms with Gasteiger partial charge in [0, 0.05) is 23.2 Å². The Hall–Kier alpha value is -1.32. The molecule has 1 fully saturated rings. The van der Waals surface area contributed by atoms with Crippen LogP contribution in [0.15, 0.2) is 24.4 Å². The molecule has 100 valence electrons. The van der Waals surface area contributed by atoms with Gasteiger partial charge in [0.25, 0.3) is 0 Å². The maximum atomic E-state index is 12.3. The number of hydrogen-bond donors (Lipinski definition) is 2. The minimum absolute atomic E-state index is 0.125. The summed E-state index contributed by atoms with van der Waals surface area (Å²) in [4.78, 5) is 15.3. The molecule has 0 atom stereocenters. The molecule has 0 bridgehead atoms. The van der Waals surface area contributed by atoms with E-state index in [1.807, 2.05) is 18.2 Å². The third kappa shape index (κ3) is 2.53. The van der Waals surface area contributed by atoms with Gasteiger partial charge < -0.3 is 10.3 Å². The number of para-hydroxylation sites is 1. The second-order valence-corrected chi connectivity index (χ2v) is 5.56. The highest BCUT2D eigenvalue weighted by Crippen LogP contribution is 2.25. The molecule has 2 N–H and O–H groups in total. The van der Waals surface area contributed by atoms with Crippen LogP contribution >= 0.6 is 11.6 Å². The second-order valence-electron chi connectivity index (χ2n) is 5.15. The van der Waals surface area contributed by atoms with E-state index in [4.69, 9.17) is 11.6 Å². The number of carbonyl (C=O) groups is 1. The molecule has 1 aliphatic rings. The molecule has 19 heavy (non-hydrogen) atoms. The van der Waals surface area contributed by atoms with Crippen LogP contribution in [-0.4, -0.2) is 23.4 Å². The standard InChI is InChI=1S/C15H17ClN2O/c16-13-7-3-6-11-12(8-18-15(11)13)14(19)9-17-10-4-1-2-5-10/h3,6-8,10,17-18H,1-2,4-5,9H2. The fraction of sp³-hybridized carbons (Fsp3) is 0.400. The molecule has 1 aliphatic carbocycles. The Morgan fingerprint density at radius 1 is 1.37 bits per heavy atom. The first-order valence-corrected chi connectivity index (χ1v) is 7.15. The average molecular weight is 277 g/mol. The van der Waals surface area contributed by atoms with E-state index in [1.54, 1.807) is 6.20 Å². The number of nitrogens with one attached hydrogen (secondary N) is 2. The molecule has 4 heteroatoms. The first-order valence-electron chi connectivity index (χ1n) is 6.78. The van der Waals surface area contributed by atoms with Gasteiger partial charge in [0.1, 0.15) is 0 Å². The van der Waals surface area contributed by atoms with Crippen molar-refractivity contribution >= 4 is 28.3 Å². The van der Waals surface area contributed by atoms with Gasteiger partial charge in [0.15, 0.2) is 5.78 Å². The van der Waals surface area contributed by atoms with Crippen molar-refractivity contribution in [3.8, 4) is 0 Å². The lowest BCUT2D eigenvalue weighted by molar-refractivity contribution is 0.0989. The van der Waals surface area contributed by atoms with Gasteiger partial charge in [-0.3, -0.25) is 4.79 Å². The minimum Gasteiger partial charge on any atom is -0.359 e. The third-order valence-corrected chi connectivity index (χ3v) is 4.19. The molecule has 0 spiro atoms. The predicted octanol–water partition coefficient (Wildman–Crippen LogP) is 3.54. The molecule has 0 unspecified atom stereocenters. The second kappa shape index (κ2) is 5.35. The Morgan fingerprint density at radius 2 is 2.16 bits per heavy atom. The number of carbonyl (C=O) groups excluding carboxylic acids is 1. The Kier molecular flexibility index (Phi) is 3.58. The molecular weight excluding hydrogens is 260 g/mol. The van der Waals surface area contributed by atoms with Crippen molar-refractivity contribution in [1.29, 1.82) is 0 Å². The number of aromatic nitrogens is 1. The van der Waals surface area contributed by atoms with Crippen LogP contribution in [0.2, 0.25) is 5.02 Å². The zero-order valence-electron chi connectivity index (χ0n) is 10.7. The number of benzene rings is 1. The van der Waals surface area contributed by atoms with E-state index in [-0.39, 0.29) is 5.78 Å². The Balaban J connectivity index is 1.76. The van der Waals surface area contributed by atoms with Gasteiger partial charge in [-0.05, 0) is 18.9 Å². The highest BCUT2D eigenvalue weighted by atomic mass is 35.5. The van der Waals surface area contributed by atoms with E-state index in [9.17, 15) is 4.79 Å². The topological polar surface area (TPSA) is 44.9 Å². The average Bonchev–Trinajstić information content (AvgIpc) is 3.06. The number of halogens is 1. The van der Waals surface area contributed by atoms with Crippen LogP contribution in [0.5, 0.6) is 0 Å². The smallest absolute Gasteiger partial charge is 0.178 e. The van der Waals surface area contributed by atoms with Gasteiger partial charge in [-0.15, -0.1) is 0 Å². The van der Waals surface area contributed by atoms with Crippen LogP contribution < -0.4 is 5.32 Å².